The van der Waals surface area contributed by atoms with Gasteiger partial charge in [0.1, 0.15) is 5.82 Å². The Bertz CT molecular complexity index is 637. The van der Waals surface area contributed by atoms with Crippen molar-refractivity contribution in [2.45, 2.75) is 0 Å². The molecule has 0 aliphatic carbocycles. The zero-order valence-electron chi connectivity index (χ0n) is 10.1. The SMILES string of the molecule is COc1cc(-c2cc(F)cc(C(=O)O)c2)ccc1O. The van der Waals surface area contributed by atoms with Crippen LogP contribution in [-0.2, 0) is 0 Å². The number of benzene rings is 2. The van der Waals surface area contributed by atoms with Crippen LogP contribution in [0, 0.1) is 5.82 Å². The summed E-state index contributed by atoms with van der Waals surface area (Å²) in [6, 6.07) is 7.99. The Morgan fingerprint density at radius 1 is 1.16 bits per heavy atom. The van der Waals surface area contributed by atoms with Crippen LogP contribution in [0.1, 0.15) is 10.4 Å². The van der Waals surface area contributed by atoms with E-state index in [1.165, 1.54) is 31.4 Å². The van der Waals surface area contributed by atoms with Gasteiger partial charge in [0, 0.05) is 0 Å². The topological polar surface area (TPSA) is 66.8 Å². The molecular formula is C14H11FO4. The first-order valence-corrected chi connectivity index (χ1v) is 5.42. The first kappa shape index (κ1) is 12.9. The molecule has 2 aromatic carbocycles. The third-order valence-corrected chi connectivity index (χ3v) is 2.66. The molecule has 0 aliphatic heterocycles. The quantitative estimate of drug-likeness (QED) is 0.892. The van der Waals surface area contributed by atoms with Gasteiger partial charge in [-0.25, -0.2) is 9.18 Å². The van der Waals surface area contributed by atoms with E-state index in [-0.39, 0.29) is 17.1 Å². The Balaban J connectivity index is 2.55. The summed E-state index contributed by atoms with van der Waals surface area (Å²) in [5, 5.41) is 18.4. The van der Waals surface area contributed by atoms with Crippen LogP contribution in [0.25, 0.3) is 11.1 Å². The summed E-state index contributed by atoms with van der Waals surface area (Å²) in [5.41, 5.74) is 0.814. The van der Waals surface area contributed by atoms with E-state index in [4.69, 9.17) is 9.84 Å². The zero-order chi connectivity index (χ0) is 14.0. The van der Waals surface area contributed by atoms with Crippen molar-refractivity contribution in [2.24, 2.45) is 0 Å². The monoisotopic (exact) mass is 262 g/mol. The van der Waals surface area contributed by atoms with Crippen molar-refractivity contribution >= 4 is 5.97 Å². The van der Waals surface area contributed by atoms with E-state index in [1.54, 1.807) is 6.07 Å². The molecule has 0 spiro atoms. The fourth-order valence-electron chi connectivity index (χ4n) is 1.74. The molecule has 5 heteroatoms. The molecule has 0 radical (unpaired) electrons. The van der Waals surface area contributed by atoms with Gasteiger partial charge in [0.05, 0.1) is 12.7 Å². The maximum absolute atomic E-state index is 13.4. The first-order chi connectivity index (χ1) is 9.01. The van der Waals surface area contributed by atoms with Crippen molar-refractivity contribution < 1.29 is 24.1 Å². The zero-order valence-corrected chi connectivity index (χ0v) is 10.1. The molecule has 0 heterocycles. The average Bonchev–Trinajstić information content (AvgIpc) is 2.38. The van der Waals surface area contributed by atoms with Gasteiger partial charge in [0.15, 0.2) is 11.5 Å². The van der Waals surface area contributed by atoms with E-state index < -0.39 is 11.8 Å². The lowest BCUT2D eigenvalue weighted by atomic mass is 10.0. The van der Waals surface area contributed by atoms with Crippen LogP contribution in [0.5, 0.6) is 11.5 Å². The summed E-state index contributed by atoms with van der Waals surface area (Å²) in [5.74, 6) is -1.65. The number of ether oxygens (including phenoxy) is 1. The number of rotatable bonds is 3. The van der Waals surface area contributed by atoms with Gasteiger partial charge in [-0.15, -0.1) is 0 Å². The largest absolute Gasteiger partial charge is 0.504 e. The van der Waals surface area contributed by atoms with Gasteiger partial charge in [-0.05, 0) is 41.5 Å². The van der Waals surface area contributed by atoms with Crippen molar-refractivity contribution in [3.05, 3.63) is 47.8 Å². The molecule has 0 amide bonds. The molecule has 0 fully saturated rings. The molecule has 2 aromatic rings. The number of hydrogen-bond acceptors (Lipinski definition) is 3. The summed E-state index contributed by atoms with van der Waals surface area (Å²) < 4.78 is 18.3. The van der Waals surface area contributed by atoms with Crippen LogP contribution >= 0.6 is 0 Å². The van der Waals surface area contributed by atoms with Gasteiger partial charge in [0.2, 0.25) is 0 Å². The van der Waals surface area contributed by atoms with Crippen LogP contribution < -0.4 is 4.74 Å². The molecular weight excluding hydrogens is 251 g/mol. The summed E-state index contributed by atoms with van der Waals surface area (Å²) in [4.78, 5) is 10.9. The molecule has 4 nitrogen and oxygen atoms in total. The highest BCUT2D eigenvalue weighted by atomic mass is 19.1. The van der Waals surface area contributed by atoms with Crippen molar-refractivity contribution in [1.29, 1.82) is 0 Å². The minimum absolute atomic E-state index is 0.0406. The van der Waals surface area contributed by atoms with Crippen molar-refractivity contribution in [2.75, 3.05) is 7.11 Å². The predicted molar refractivity (Wildman–Crippen MR) is 67.0 cm³/mol. The lowest BCUT2D eigenvalue weighted by molar-refractivity contribution is 0.0696. The normalized spacial score (nSPS) is 10.2. The lowest BCUT2D eigenvalue weighted by Crippen LogP contribution is -1.97. The molecule has 0 saturated heterocycles. The third kappa shape index (κ3) is 2.65. The highest BCUT2D eigenvalue weighted by Crippen LogP contribution is 2.32. The average molecular weight is 262 g/mol. The number of hydrogen-bond donors (Lipinski definition) is 2. The summed E-state index contributed by atoms with van der Waals surface area (Å²) in [7, 11) is 1.40. The van der Waals surface area contributed by atoms with Crippen molar-refractivity contribution in [3.8, 4) is 22.6 Å². The van der Waals surface area contributed by atoms with Gasteiger partial charge in [0.25, 0.3) is 0 Å². The van der Waals surface area contributed by atoms with Gasteiger partial charge in [-0.3, -0.25) is 0 Å². The number of carboxylic acids is 1. The molecule has 0 aliphatic rings. The highest BCUT2D eigenvalue weighted by Gasteiger charge is 2.10. The predicted octanol–water partition coefficient (Wildman–Crippen LogP) is 2.91. The molecule has 19 heavy (non-hydrogen) atoms. The van der Waals surface area contributed by atoms with E-state index in [0.29, 0.717) is 11.1 Å². The smallest absolute Gasteiger partial charge is 0.335 e. The Kier molecular flexibility index (Phi) is 3.37. The number of phenols is 1. The highest BCUT2D eigenvalue weighted by molar-refractivity contribution is 5.89. The molecule has 0 unspecified atom stereocenters. The summed E-state index contributed by atoms with van der Waals surface area (Å²) in [6.07, 6.45) is 0. The summed E-state index contributed by atoms with van der Waals surface area (Å²) in [6.45, 7) is 0. The number of aromatic carboxylic acids is 1. The van der Waals surface area contributed by atoms with E-state index in [2.05, 4.69) is 0 Å². The lowest BCUT2D eigenvalue weighted by Gasteiger charge is -2.08. The number of methoxy groups -OCH3 is 1. The van der Waals surface area contributed by atoms with Gasteiger partial charge in [-0.1, -0.05) is 6.07 Å². The third-order valence-electron chi connectivity index (χ3n) is 2.66. The van der Waals surface area contributed by atoms with Gasteiger partial charge in [-0.2, -0.15) is 0 Å². The first-order valence-electron chi connectivity index (χ1n) is 5.42. The van der Waals surface area contributed by atoms with Gasteiger partial charge < -0.3 is 14.9 Å². The molecule has 2 N–H and O–H groups in total. The Hall–Kier alpha value is -2.56. The molecule has 0 saturated carbocycles. The van der Waals surface area contributed by atoms with Crippen LogP contribution in [0.3, 0.4) is 0 Å². The molecule has 2 rings (SSSR count). The maximum atomic E-state index is 13.4. The fraction of sp³-hybridized carbons (Fsp3) is 0.0714. The number of aromatic hydroxyl groups is 1. The van der Waals surface area contributed by atoms with E-state index in [0.717, 1.165) is 6.07 Å². The van der Waals surface area contributed by atoms with Crippen LogP contribution in [0.4, 0.5) is 4.39 Å². The Morgan fingerprint density at radius 2 is 1.89 bits per heavy atom. The minimum atomic E-state index is -1.20. The maximum Gasteiger partial charge on any atom is 0.335 e. The van der Waals surface area contributed by atoms with Crippen LogP contribution in [-0.4, -0.2) is 23.3 Å². The van der Waals surface area contributed by atoms with E-state index in [1.807, 2.05) is 0 Å². The second kappa shape index (κ2) is 4.97. The Morgan fingerprint density at radius 3 is 2.53 bits per heavy atom. The van der Waals surface area contributed by atoms with Gasteiger partial charge >= 0.3 is 5.97 Å². The van der Waals surface area contributed by atoms with Crippen LogP contribution in [0.15, 0.2) is 36.4 Å². The van der Waals surface area contributed by atoms with Crippen LogP contribution in [0.2, 0.25) is 0 Å². The second-order valence-electron chi connectivity index (χ2n) is 3.92. The molecule has 0 aromatic heterocycles. The summed E-state index contributed by atoms with van der Waals surface area (Å²) >= 11 is 0. The fourth-order valence-corrected chi connectivity index (χ4v) is 1.74. The molecule has 0 atom stereocenters. The van der Waals surface area contributed by atoms with Crippen molar-refractivity contribution in [3.63, 3.8) is 0 Å². The van der Waals surface area contributed by atoms with E-state index in [9.17, 15) is 14.3 Å². The Labute approximate surface area is 108 Å². The van der Waals surface area contributed by atoms with E-state index >= 15 is 0 Å². The van der Waals surface area contributed by atoms with Crippen molar-refractivity contribution in [1.82, 2.24) is 0 Å². The molecule has 0 bridgehead atoms. The number of carboxylic acid groups (broad SMARTS) is 1. The minimum Gasteiger partial charge on any atom is -0.504 e. The number of phenolic OH excluding ortho intramolecular Hbond substituents is 1. The standard InChI is InChI=1S/C14H11FO4/c1-19-13-7-8(2-3-12(13)16)9-4-10(14(17)18)6-11(15)5-9/h2-7,16H,1H3,(H,17,18). The molecule has 98 valence electrons. The number of carbonyl (C=O) groups is 1. The number of halogens is 1. The second-order valence-corrected chi connectivity index (χ2v) is 3.92.